The SMILES string of the molecule is Cc1ccc(CSc2nc(N)cc(=O)[nH]2)cc1C. The first kappa shape index (κ1) is 12.7. The summed E-state index contributed by atoms with van der Waals surface area (Å²) in [6, 6.07) is 7.60. The molecule has 2 rings (SSSR count). The van der Waals surface area contributed by atoms with E-state index in [1.807, 2.05) is 0 Å². The van der Waals surface area contributed by atoms with Crippen LogP contribution in [-0.2, 0) is 5.75 Å². The summed E-state index contributed by atoms with van der Waals surface area (Å²) in [6.07, 6.45) is 0. The van der Waals surface area contributed by atoms with Crippen molar-refractivity contribution in [1.82, 2.24) is 9.97 Å². The first-order valence-corrected chi connectivity index (χ1v) is 6.59. The summed E-state index contributed by atoms with van der Waals surface area (Å²) in [4.78, 5) is 18.0. The molecule has 0 amide bonds. The Hall–Kier alpha value is -1.75. The van der Waals surface area contributed by atoms with Crippen molar-refractivity contribution in [3.8, 4) is 0 Å². The first-order valence-electron chi connectivity index (χ1n) is 5.60. The largest absolute Gasteiger partial charge is 0.383 e. The van der Waals surface area contributed by atoms with Crippen LogP contribution < -0.4 is 11.3 Å². The number of hydrogen-bond donors (Lipinski definition) is 2. The molecule has 5 heteroatoms. The van der Waals surface area contributed by atoms with Gasteiger partial charge in [0.2, 0.25) is 0 Å². The van der Waals surface area contributed by atoms with Gasteiger partial charge in [0.05, 0.1) is 0 Å². The fourth-order valence-corrected chi connectivity index (χ4v) is 2.39. The van der Waals surface area contributed by atoms with Crippen molar-refractivity contribution < 1.29 is 0 Å². The highest BCUT2D eigenvalue weighted by molar-refractivity contribution is 7.98. The Balaban J connectivity index is 2.11. The van der Waals surface area contributed by atoms with Gasteiger partial charge in [0, 0.05) is 11.8 Å². The fraction of sp³-hybridized carbons (Fsp3) is 0.231. The lowest BCUT2D eigenvalue weighted by atomic mass is 10.1. The van der Waals surface area contributed by atoms with Crippen molar-refractivity contribution in [3.05, 3.63) is 51.3 Å². The van der Waals surface area contributed by atoms with E-state index in [1.165, 1.54) is 34.5 Å². The molecule has 0 aliphatic rings. The van der Waals surface area contributed by atoms with Crippen LogP contribution >= 0.6 is 11.8 Å². The van der Waals surface area contributed by atoms with Gasteiger partial charge in [0.15, 0.2) is 5.16 Å². The quantitative estimate of drug-likeness (QED) is 0.656. The smallest absolute Gasteiger partial charge is 0.253 e. The molecular weight excluding hydrogens is 246 g/mol. The Morgan fingerprint density at radius 3 is 2.72 bits per heavy atom. The number of rotatable bonds is 3. The van der Waals surface area contributed by atoms with Crippen LogP contribution in [0.1, 0.15) is 16.7 Å². The molecule has 0 bridgehead atoms. The molecule has 94 valence electrons. The molecule has 0 atom stereocenters. The molecule has 0 aliphatic carbocycles. The molecule has 1 heterocycles. The number of hydrogen-bond acceptors (Lipinski definition) is 4. The second kappa shape index (κ2) is 5.27. The molecule has 3 N–H and O–H groups in total. The molecule has 4 nitrogen and oxygen atoms in total. The van der Waals surface area contributed by atoms with Crippen molar-refractivity contribution >= 4 is 17.6 Å². The summed E-state index contributed by atoms with van der Waals surface area (Å²) in [5.74, 6) is 1.01. The lowest BCUT2D eigenvalue weighted by Gasteiger charge is -2.05. The van der Waals surface area contributed by atoms with Gasteiger partial charge in [-0.3, -0.25) is 4.79 Å². The minimum absolute atomic E-state index is 0.218. The Morgan fingerprint density at radius 1 is 1.28 bits per heavy atom. The number of nitrogens with zero attached hydrogens (tertiary/aromatic N) is 1. The van der Waals surface area contributed by atoms with Gasteiger partial charge in [0.25, 0.3) is 5.56 Å². The van der Waals surface area contributed by atoms with Gasteiger partial charge in [-0.25, -0.2) is 4.98 Å². The Kier molecular flexibility index (Phi) is 3.72. The van der Waals surface area contributed by atoms with Crippen LogP contribution in [0.5, 0.6) is 0 Å². The summed E-state index contributed by atoms with van der Waals surface area (Å²) in [5.41, 5.74) is 9.06. The summed E-state index contributed by atoms with van der Waals surface area (Å²) in [7, 11) is 0. The van der Waals surface area contributed by atoms with E-state index >= 15 is 0 Å². The minimum Gasteiger partial charge on any atom is -0.383 e. The molecule has 0 fully saturated rings. The molecular formula is C13H15N3OS. The fourth-order valence-electron chi connectivity index (χ4n) is 1.57. The molecule has 0 saturated carbocycles. The summed E-state index contributed by atoms with van der Waals surface area (Å²) in [6.45, 7) is 4.17. The van der Waals surface area contributed by atoms with Crippen LogP contribution in [-0.4, -0.2) is 9.97 Å². The number of aromatic amines is 1. The second-order valence-electron chi connectivity index (χ2n) is 4.18. The van der Waals surface area contributed by atoms with Gasteiger partial charge in [0.1, 0.15) is 5.82 Å². The van der Waals surface area contributed by atoms with Crippen molar-refractivity contribution in [3.63, 3.8) is 0 Å². The highest BCUT2D eigenvalue weighted by atomic mass is 32.2. The molecule has 1 aromatic carbocycles. The zero-order chi connectivity index (χ0) is 13.1. The maximum atomic E-state index is 11.2. The van der Waals surface area contributed by atoms with Gasteiger partial charge in [-0.1, -0.05) is 30.0 Å². The lowest BCUT2D eigenvalue weighted by molar-refractivity contribution is 0.945. The highest BCUT2D eigenvalue weighted by Gasteiger charge is 2.02. The van der Waals surface area contributed by atoms with Crippen LogP contribution in [0, 0.1) is 13.8 Å². The van der Waals surface area contributed by atoms with Crippen LogP contribution in [0.15, 0.2) is 34.2 Å². The normalized spacial score (nSPS) is 10.6. The van der Waals surface area contributed by atoms with E-state index < -0.39 is 0 Å². The van der Waals surface area contributed by atoms with Crippen LogP contribution in [0.4, 0.5) is 5.82 Å². The maximum Gasteiger partial charge on any atom is 0.253 e. The van der Waals surface area contributed by atoms with Crippen molar-refractivity contribution in [2.75, 3.05) is 5.73 Å². The van der Waals surface area contributed by atoms with Crippen molar-refractivity contribution in [2.24, 2.45) is 0 Å². The van der Waals surface area contributed by atoms with Crippen LogP contribution in [0.3, 0.4) is 0 Å². The van der Waals surface area contributed by atoms with E-state index in [0.717, 1.165) is 5.75 Å². The van der Waals surface area contributed by atoms with E-state index in [9.17, 15) is 4.79 Å². The van der Waals surface area contributed by atoms with Gasteiger partial charge in [-0.2, -0.15) is 0 Å². The molecule has 0 saturated heterocycles. The number of anilines is 1. The number of nitrogens with two attached hydrogens (primary N) is 1. The summed E-state index contributed by atoms with van der Waals surface area (Å²) < 4.78 is 0. The van der Waals surface area contributed by atoms with E-state index in [-0.39, 0.29) is 11.4 Å². The standard InChI is InChI=1S/C13H15N3OS/c1-8-3-4-10(5-9(8)2)7-18-13-15-11(14)6-12(17)16-13/h3-6H,7H2,1-2H3,(H3,14,15,16,17). The number of H-pyrrole nitrogens is 1. The van der Waals surface area contributed by atoms with Gasteiger partial charge >= 0.3 is 0 Å². The van der Waals surface area contributed by atoms with Gasteiger partial charge in [-0.05, 0) is 30.5 Å². The number of aryl methyl sites for hydroxylation is 2. The number of thioether (sulfide) groups is 1. The Labute approximate surface area is 110 Å². The van der Waals surface area contributed by atoms with Gasteiger partial charge < -0.3 is 10.7 Å². The average molecular weight is 261 g/mol. The third-order valence-electron chi connectivity index (χ3n) is 2.69. The number of nitrogens with one attached hydrogen (secondary N) is 1. The Bertz CT molecular complexity index is 622. The van der Waals surface area contributed by atoms with Gasteiger partial charge in [-0.15, -0.1) is 0 Å². The predicted octanol–water partition coefficient (Wildman–Crippen LogP) is 2.26. The summed E-state index contributed by atoms with van der Waals surface area (Å²) in [5, 5.41) is 0.554. The molecule has 2 aromatic rings. The lowest BCUT2D eigenvalue weighted by Crippen LogP contribution is -2.09. The Morgan fingerprint density at radius 2 is 2.06 bits per heavy atom. The molecule has 0 aliphatic heterocycles. The second-order valence-corrected chi connectivity index (χ2v) is 5.15. The molecule has 0 spiro atoms. The van der Waals surface area contributed by atoms with Crippen molar-refractivity contribution in [1.29, 1.82) is 0 Å². The summed E-state index contributed by atoms with van der Waals surface area (Å²) >= 11 is 1.47. The number of benzene rings is 1. The molecule has 0 unspecified atom stereocenters. The molecule has 0 radical (unpaired) electrons. The van der Waals surface area contributed by atoms with Crippen LogP contribution in [0.2, 0.25) is 0 Å². The minimum atomic E-state index is -0.218. The topological polar surface area (TPSA) is 71.8 Å². The van der Waals surface area contributed by atoms with E-state index in [2.05, 4.69) is 42.0 Å². The average Bonchev–Trinajstić information content (AvgIpc) is 2.29. The highest BCUT2D eigenvalue weighted by Crippen LogP contribution is 2.20. The van der Waals surface area contributed by atoms with E-state index in [0.29, 0.717) is 5.16 Å². The zero-order valence-electron chi connectivity index (χ0n) is 10.4. The predicted molar refractivity (Wildman–Crippen MR) is 74.7 cm³/mol. The number of aromatic nitrogens is 2. The van der Waals surface area contributed by atoms with Crippen molar-refractivity contribution in [2.45, 2.75) is 24.8 Å². The maximum absolute atomic E-state index is 11.2. The van der Waals surface area contributed by atoms with E-state index in [1.54, 1.807) is 0 Å². The molecule has 18 heavy (non-hydrogen) atoms. The molecule has 1 aromatic heterocycles. The number of nitrogen functional groups attached to an aromatic ring is 1. The van der Waals surface area contributed by atoms with E-state index in [4.69, 9.17) is 5.73 Å². The third-order valence-corrected chi connectivity index (χ3v) is 3.63. The first-order chi connectivity index (χ1) is 8.54. The third kappa shape index (κ3) is 3.13. The zero-order valence-corrected chi connectivity index (χ0v) is 11.2. The monoisotopic (exact) mass is 261 g/mol. The van der Waals surface area contributed by atoms with Crippen LogP contribution in [0.25, 0.3) is 0 Å².